The van der Waals surface area contributed by atoms with E-state index in [9.17, 15) is 4.79 Å². The van der Waals surface area contributed by atoms with Crippen LogP contribution in [0.4, 0.5) is 4.79 Å². The van der Waals surface area contributed by atoms with E-state index >= 15 is 0 Å². The molecule has 0 aromatic rings. The van der Waals surface area contributed by atoms with Crippen molar-refractivity contribution >= 4 is 6.16 Å². The fourth-order valence-electron chi connectivity index (χ4n) is 0.248. The third-order valence-electron chi connectivity index (χ3n) is 0.568. The molecular weight excluding hydrogens is 122 g/mol. The Morgan fingerprint density at radius 3 is 2.33 bits per heavy atom. The van der Waals surface area contributed by atoms with E-state index in [2.05, 4.69) is 4.74 Å². The number of ether oxygens (including phenoxy) is 1. The molecule has 0 fully saturated rings. The molecule has 0 bridgehead atoms. The van der Waals surface area contributed by atoms with Crippen molar-refractivity contribution in [3.63, 3.8) is 0 Å². The first kappa shape index (κ1) is 8.23. The molecule has 0 aliphatic rings. The maximum Gasteiger partial charge on any atom is 0.505 e. The molecule has 0 aromatic carbocycles. The van der Waals surface area contributed by atoms with Gasteiger partial charge >= 0.3 is 6.16 Å². The van der Waals surface area contributed by atoms with Gasteiger partial charge < -0.3 is 15.6 Å². The number of hydrogen-bond donors (Lipinski definition) is 2. The fourth-order valence-corrected chi connectivity index (χ4v) is 0.248. The summed E-state index contributed by atoms with van der Waals surface area (Å²) in [6.45, 7) is 3.41. The zero-order valence-corrected chi connectivity index (χ0v) is 5.55. The Kier molecular flexibility index (Phi) is 2.45. The summed E-state index contributed by atoms with van der Waals surface area (Å²) in [7, 11) is 0. The average Bonchev–Trinajstić information content (AvgIpc) is 1.59. The molecule has 9 heavy (non-hydrogen) atoms. The van der Waals surface area contributed by atoms with Crippen LogP contribution in [-0.2, 0) is 4.74 Å². The minimum absolute atomic E-state index is 0.0301. The van der Waals surface area contributed by atoms with Crippen LogP contribution in [0.5, 0.6) is 0 Å². The zero-order chi connectivity index (χ0) is 7.49. The molecule has 0 rings (SSSR count). The van der Waals surface area contributed by atoms with Gasteiger partial charge in [0.2, 0.25) is 0 Å². The number of carbonyl (C=O) groups is 1. The Morgan fingerprint density at radius 2 is 2.22 bits per heavy atom. The summed E-state index contributed by atoms with van der Waals surface area (Å²) in [5.41, 5.74) is 4.82. The van der Waals surface area contributed by atoms with Crippen molar-refractivity contribution in [2.45, 2.75) is 19.4 Å². The molecule has 0 saturated carbocycles. The molecule has 0 amide bonds. The van der Waals surface area contributed by atoms with Crippen LogP contribution in [0.3, 0.4) is 0 Å². The summed E-state index contributed by atoms with van der Waals surface area (Å²) >= 11 is 0. The molecule has 0 saturated heterocycles. The topological polar surface area (TPSA) is 72.5 Å². The second-order valence-corrected chi connectivity index (χ2v) is 2.54. The van der Waals surface area contributed by atoms with Crippen LogP contribution in [0, 0.1) is 0 Å². The highest BCUT2D eigenvalue weighted by molar-refractivity contribution is 5.56. The number of hydrogen-bond acceptors (Lipinski definition) is 3. The number of nitrogens with two attached hydrogens (primary N) is 1. The van der Waals surface area contributed by atoms with Crippen LogP contribution in [-0.4, -0.2) is 23.4 Å². The third-order valence-corrected chi connectivity index (χ3v) is 0.568. The molecule has 0 unspecified atom stereocenters. The first-order valence-electron chi connectivity index (χ1n) is 2.56. The summed E-state index contributed by atoms with van der Waals surface area (Å²) in [6, 6.07) is 0. The molecule has 0 aromatic heterocycles. The molecule has 0 atom stereocenters. The lowest BCUT2D eigenvalue weighted by molar-refractivity contribution is 0.0757. The van der Waals surface area contributed by atoms with Crippen molar-refractivity contribution in [1.29, 1.82) is 0 Å². The van der Waals surface area contributed by atoms with Crippen molar-refractivity contribution in [2.24, 2.45) is 5.73 Å². The van der Waals surface area contributed by atoms with Crippen molar-refractivity contribution < 1.29 is 14.6 Å². The predicted octanol–water partition coefficient (Wildman–Crippen LogP) is 0.418. The highest BCUT2D eigenvalue weighted by Gasteiger charge is 2.12. The van der Waals surface area contributed by atoms with Crippen molar-refractivity contribution in [3.05, 3.63) is 0 Å². The molecule has 0 aliphatic heterocycles. The van der Waals surface area contributed by atoms with Gasteiger partial charge in [0, 0.05) is 5.54 Å². The SMILES string of the molecule is CC(C)(N)COC(=O)O. The molecule has 0 heterocycles. The predicted molar refractivity (Wildman–Crippen MR) is 32.2 cm³/mol. The molecular formula is C5H11NO3. The van der Waals surface area contributed by atoms with Gasteiger partial charge in [-0.1, -0.05) is 0 Å². The van der Waals surface area contributed by atoms with E-state index in [1.165, 1.54) is 0 Å². The van der Waals surface area contributed by atoms with Gasteiger partial charge in [-0.25, -0.2) is 4.79 Å². The van der Waals surface area contributed by atoms with E-state index < -0.39 is 11.7 Å². The van der Waals surface area contributed by atoms with Crippen LogP contribution in [0.25, 0.3) is 0 Å². The Morgan fingerprint density at radius 1 is 1.78 bits per heavy atom. The average molecular weight is 133 g/mol. The van der Waals surface area contributed by atoms with Gasteiger partial charge in [-0.05, 0) is 13.8 Å². The van der Waals surface area contributed by atoms with Crippen LogP contribution in [0.2, 0.25) is 0 Å². The normalized spacial score (nSPS) is 11.0. The van der Waals surface area contributed by atoms with Crippen LogP contribution < -0.4 is 5.73 Å². The van der Waals surface area contributed by atoms with Gasteiger partial charge in [-0.15, -0.1) is 0 Å². The minimum atomic E-state index is -1.28. The molecule has 4 nitrogen and oxygen atoms in total. The highest BCUT2D eigenvalue weighted by atomic mass is 16.7. The summed E-state index contributed by atoms with van der Waals surface area (Å²) in [5.74, 6) is 0. The van der Waals surface area contributed by atoms with E-state index in [-0.39, 0.29) is 6.61 Å². The highest BCUT2D eigenvalue weighted by Crippen LogP contribution is 1.96. The van der Waals surface area contributed by atoms with Crippen LogP contribution in [0.15, 0.2) is 0 Å². The lowest BCUT2D eigenvalue weighted by atomic mass is 10.1. The zero-order valence-electron chi connectivity index (χ0n) is 5.55. The van der Waals surface area contributed by atoms with E-state index in [0.717, 1.165) is 0 Å². The van der Waals surface area contributed by atoms with E-state index in [1.807, 2.05) is 0 Å². The molecule has 0 radical (unpaired) electrons. The second-order valence-electron chi connectivity index (χ2n) is 2.54. The second kappa shape index (κ2) is 2.68. The smallest absolute Gasteiger partial charge is 0.450 e. The molecule has 3 N–H and O–H groups in total. The lowest BCUT2D eigenvalue weighted by Gasteiger charge is -2.15. The lowest BCUT2D eigenvalue weighted by Crippen LogP contribution is -2.38. The van der Waals surface area contributed by atoms with Crippen molar-refractivity contribution in [2.75, 3.05) is 6.61 Å². The van der Waals surface area contributed by atoms with Crippen LogP contribution in [0.1, 0.15) is 13.8 Å². The number of rotatable bonds is 2. The molecule has 0 spiro atoms. The Bertz CT molecular complexity index is 105. The standard InChI is InChI=1S/C5H11NO3/c1-5(2,6)3-9-4(7)8/h3,6H2,1-2H3,(H,7,8). The van der Waals surface area contributed by atoms with Gasteiger partial charge in [0.1, 0.15) is 6.61 Å². The Balaban J connectivity index is 3.39. The number of carboxylic acid groups (broad SMARTS) is 1. The molecule has 0 aliphatic carbocycles. The molecule has 54 valence electrons. The maximum absolute atomic E-state index is 9.77. The first-order chi connectivity index (χ1) is 3.92. The Labute approximate surface area is 53.6 Å². The summed E-state index contributed by atoms with van der Waals surface area (Å²) in [6.07, 6.45) is -1.28. The van der Waals surface area contributed by atoms with Crippen molar-refractivity contribution in [3.8, 4) is 0 Å². The summed E-state index contributed by atoms with van der Waals surface area (Å²) in [5, 5.41) is 8.00. The monoisotopic (exact) mass is 133 g/mol. The molecule has 4 heteroatoms. The van der Waals surface area contributed by atoms with Crippen molar-refractivity contribution in [1.82, 2.24) is 0 Å². The summed E-state index contributed by atoms with van der Waals surface area (Å²) in [4.78, 5) is 9.77. The third kappa shape index (κ3) is 7.23. The van der Waals surface area contributed by atoms with Gasteiger partial charge in [0.15, 0.2) is 0 Å². The summed E-state index contributed by atoms with van der Waals surface area (Å²) < 4.78 is 4.20. The van der Waals surface area contributed by atoms with Gasteiger partial charge in [0.25, 0.3) is 0 Å². The maximum atomic E-state index is 9.77. The van der Waals surface area contributed by atoms with Gasteiger partial charge in [-0.3, -0.25) is 0 Å². The van der Waals surface area contributed by atoms with E-state index in [1.54, 1.807) is 13.8 Å². The first-order valence-corrected chi connectivity index (χ1v) is 2.56. The fraction of sp³-hybridized carbons (Fsp3) is 0.800. The Hall–Kier alpha value is -0.770. The van der Waals surface area contributed by atoms with Crippen LogP contribution >= 0.6 is 0 Å². The van der Waals surface area contributed by atoms with E-state index in [4.69, 9.17) is 10.8 Å². The van der Waals surface area contributed by atoms with Gasteiger partial charge in [0.05, 0.1) is 0 Å². The van der Waals surface area contributed by atoms with Gasteiger partial charge in [-0.2, -0.15) is 0 Å². The van der Waals surface area contributed by atoms with E-state index in [0.29, 0.717) is 0 Å². The minimum Gasteiger partial charge on any atom is -0.450 e. The largest absolute Gasteiger partial charge is 0.505 e. The quantitative estimate of drug-likeness (QED) is 0.535.